The predicted molar refractivity (Wildman–Crippen MR) is 268 cm³/mol. The Hall–Kier alpha value is -1.99. The van der Waals surface area contributed by atoms with Crippen LogP contribution >= 0.6 is 0 Å². The Labute approximate surface area is 384 Å². The van der Waals surface area contributed by atoms with Crippen molar-refractivity contribution in [2.24, 2.45) is 9.98 Å². The van der Waals surface area contributed by atoms with Crippen molar-refractivity contribution in [3.8, 4) is 0 Å². The summed E-state index contributed by atoms with van der Waals surface area (Å²) in [6, 6.07) is 14.0. The number of aliphatic imine (C=N–C) groups is 2. The van der Waals surface area contributed by atoms with E-state index in [1.165, 1.54) is 208 Å². The van der Waals surface area contributed by atoms with Crippen molar-refractivity contribution in [1.29, 1.82) is 0 Å². The fourth-order valence-corrected chi connectivity index (χ4v) is 8.48. The first-order valence-corrected chi connectivity index (χ1v) is 26.1. The second-order valence-corrected chi connectivity index (χ2v) is 18.0. The molecule has 0 amide bonds. The molecule has 0 fully saturated rings. The monoisotopic (exact) mass is 867 g/mol. The third-order valence-electron chi connectivity index (χ3n) is 12.5. The minimum Gasteiger partial charge on any atom is -0.251 e. The maximum absolute atomic E-state index is 5.49. The first kappa shape index (κ1) is 56.0. The summed E-state index contributed by atoms with van der Waals surface area (Å²) in [6.07, 6.45) is 51.4. The smallest absolute Gasteiger partial charge is 0.0848 e. The molecule has 2 aromatic carbocycles. The molecule has 0 aliphatic heterocycles. The fraction of sp³-hybridized carbons (Fsp3) is 0.719. The summed E-state index contributed by atoms with van der Waals surface area (Å²) in [5, 5.41) is 0. The molecule has 0 aromatic heterocycles. The van der Waals surface area contributed by atoms with Crippen LogP contribution in [0, 0.1) is 0 Å². The second kappa shape index (κ2) is 39.8. The van der Waals surface area contributed by atoms with Crippen molar-refractivity contribution in [2.75, 3.05) is 0 Å². The normalized spacial score (nSPS) is 12.2. The van der Waals surface area contributed by atoms with Crippen LogP contribution in [0.25, 0.3) is 0 Å². The van der Waals surface area contributed by atoms with Gasteiger partial charge in [0.25, 0.3) is 0 Å². The number of hydrogen-bond donors (Lipinski definition) is 0. The molecular weight excluding hydrogens is 771 g/mol. The summed E-state index contributed by atoms with van der Waals surface area (Å²) >= 11 is 0. The standard InChI is InChI=1S/C57H96N2.Ni/c1-7-13-15-17-19-21-23-25-26-27-28-29-31-33-35-37-39-41-43-57(59-55-48-52(11-5)45-53(12-6)49-55)56(58-54-46-50(9-3)44-51(10-4)47-54)42-40-38-36-34-32-30-24-22-20-18-16-14-8-2;/h40,42,44-49H,7-39,41,43H2,1-6H3;/b42-40+,58-56?,59-57?;. The second-order valence-electron chi connectivity index (χ2n) is 18.0. The van der Waals surface area contributed by atoms with E-state index in [1.807, 2.05) is 0 Å². The maximum Gasteiger partial charge on any atom is 0.0848 e. The average molecular weight is 868 g/mol. The molecule has 2 rings (SSSR count). The van der Waals surface area contributed by atoms with Gasteiger partial charge in [-0.2, -0.15) is 0 Å². The van der Waals surface area contributed by atoms with Crippen LogP contribution in [0.2, 0.25) is 0 Å². The molecule has 0 radical (unpaired) electrons. The van der Waals surface area contributed by atoms with Crippen molar-refractivity contribution in [3.05, 3.63) is 70.8 Å². The molecule has 344 valence electrons. The van der Waals surface area contributed by atoms with E-state index >= 15 is 0 Å². The van der Waals surface area contributed by atoms with Crippen LogP contribution in [0.3, 0.4) is 0 Å². The van der Waals surface area contributed by atoms with Gasteiger partial charge in [0.05, 0.1) is 22.8 Å². The number of allylic oxidation sites excluding steroid dienone is 2. The molecule has 0 spiro atoms. The van der Waals surface area contributed by atoms with Gasteiger partial charge in [-0.1, -0.05) is 233 Å². The molecule has 0 N–H and O–H groups in total. The van der Waals surface area contributed by atoms with Gasteiger partial charge in [-0.25, -0.2) is 4.99 Å². The van der Waals surface area contributed by atoms with Gasteiger partial charge >= 0.3 is 0 Å². The van der Waals surface area contributed by atoms with Crippen molar-refractivity contribution < 1.29 is 16.5 Å². The first-order valence-electron chi connectivity index (χ1n) is 26.1. The Morgan fingerprint density at radius 1 is 0.367 bits per heavy atom. The van der Waals surface area contributed by atoms with E-state index in [1.54, 1.807) is 0 Å². The summed E-state index contributed by atoms with van der Waals surface area (Å²) < 4.78 is 0. The third kappa shape index (κ3) is 28.6. The zero-order valence-electron chi connectivity index (χ0n) is 40.6. The zero-order valence-corrected chi connectivity index (χ0v) is 41.6. The van der Waals surface area contributed by atoms with Crippen molar-refractivity contribution >= 4 is 22.8 Å². The Bertz CT molecular complexity index is 1340. The van der Waals surface area contributed by atoms with Crippen LogP contribution in [0.5, 0.6) is 0 Å². The minimum atomic E-state index is 0. The Kier molecular flexibility index (Phi) is 37.2. The first-order chi connectivity index (χ1) is 29.1. The van der Waals surface area contributed by atoms with Crippen LogP contribution in [0.15, 0.2) is 58.5 Å². The van der Waals surface area contributed by atoms with Gasteiger partial charge < -0.3 is 0 Å². The molecule has 0 heterocycles. The van der Waals surface area contributed by atoms with Crippen molar-refractivity contribution in [1.82, 2.24) is 0 Å². The number of benzene rings is 2. The van der Waals surface area contributed by atoms with E-state index in [9.17, 15) is 0 Å². The van der Waals surface area contributed by atoms with E-state index in [0.29, 0.717) is 0 Å². The van der Waals surface area contributed by atoms with Gasteiger partial charge in [0, 0.05) is 16.5 Å². The summed E-state index contributed by atoms with van der Waals surface area (Å²) in [4.78, 5) is 10.9. The summed E-state index contributed by atoms with van der Waals surface area (Å²) in [7, 11) is 0. The Balaban J connectivity index is 0.0000180. The molecule has 3 heteroatoms. The Morgan fingerprint density at radius 3 is 1.00 bits per heavy atom. The summed E-state index contributed by atoms with van der Waals surface area (Å²) in [5.41, 5.74) is 9.91. The van der Waals surface area contributed by atoms with Crippen molar-refractivity contribution in [3.63, 3.8) is 0 Å². The quantitative estimate of drug-likeness (QED) is 0.0363. The number of hydrogen-bond acceptors (Lipinski definition) is 2. The summed E-state index contributed by atoms with van der Waals surface area (Å²) in [6.45, 7) is 13.7. The molecule has 60 heavy (non-hydrogen) atoms. The zero-order chi connectivity index (χ0) is 42.4. The third-order valence-corrected chi connectivity index (χ3v) is 12.5. The van der Waals surface area contributed by atoms with Gasteiger partial charge in [0.1, 0.15) is 0 Å². The molecular formula is C57H96N2Ni. The Morgan fingerprint density at radius 2 is 0.667 bits per heavy atom. The van der Waals surface area contributed by atoms with Gasteiger partial charge in [0.15, 0.2) is 0 Å². The molecule has 2 aromatic rings. The van der Waals surface area contributed by atoms with E-state index in [2.05, 4.69) is 90.1 Å². The van der Waals surface area contributed by atoms with E-state index in [0.717, 1.165) is 61.3 Å². The van der Waals surface area contributed by atoms with Crippen LogP contribution in [-0.4, -0.2) is 11.4 Å². The van der Waals surface area contributed by atoms with E-state index < -0.39 is 0 Å². The molecule has 0 aliphatic rings. The fourth-order valence-electron chi connectivity index (χ4n) is 8.48. The molecule has 0 saturated heterocycles. The number of nitrogens with zero attached hydrogens (tertiary/aromatic N) is 2. The predicted octanol–water partition coefficient (Wildman–Crippen LogP) is 19.5. The number of unbranched alkanes of at least 4 members (excludes halogenated alkanes) is 28. The van der Waals surface area contributed by atoms with E-state index in [-0.39, 0.29) is 16.5 Å². The molecule has 0 bridgehead atoms. The molecule has 0 unspecified atom stereocenters. The molecule has 0 aliphatic carbocycles. The van der Waals surface area contributed by atoms with Gasteiger partial charge in [-0.15, -0.1) is 0 Å². The summed E-state index contributed by atoms with van der Waals surface area (Å²) in [5.74, 6) is 0. The molecule has 2 nitrogen and oxygen atoms in total. The van der Waals surface area contributed by atoms with Gasteiger partial charge in [0.2, 0.25) is 0 Å². The van der Waals surface area contributed by atoms with Gasteiger partial charge in [-0.3, -0.25) is 4.99 Å². The topological polar surface area (TPSA) is 24.7 Å². The van der Waals surface area contributed by atoms with E-state index in [4.69, 9.17) is 9.98 Å². The average Bonchev–Trinajstić information content (AvgIpc) is 3.26. The SMILES string of the molecule is CCCCCCCCCCCCC/C=C/C(=Nc1cc(CC)cc(CC)c1)C(CCCCCCCCCCCCCCCCCCCC)=Nc1cc(CC)cc(CC)c1.[Ni]. The number of aryl methyl sites for hydroxylation is 4. The van der Waals surface area contributed by atoms with Gasteiger partial charge in [-0.05, 0) is 104 Å². The van der Waals surface area contributed by atoms with Crippen LogP contribution in [-0.2, 0) is 42.2 Å². The van der Waals surface area contributed by atoms with Crippen LogP contribution < -0.4 is 0 Å². The maximum atomic E-state index is 5.49. The largest absolute Gasteiger partial charge is 0.251 e. The van der Waals surface area contributed by atoms with Crippen LogP contribution in [0.1, 0.15) is 263 Å². The van der Waals surface area contributed by atoms with Crippen LogP contribution in [0.4, 0.5) is 11.4 Å². The van der Waals surface area contributed by atoms with Crippen molar-refractivity contribution in [2.45, 2.75) is 266 Å². The minimum absolute atomic E-state index is 0. The molecule has 0 atom stereocenters. The number of rotatable bonds is 39. The molecule has 0 saturated carbocycles.